The lowest BCUT2D eigenvalue weighted by atomic mass is 10.2. The summed E-state index contributed by atoms with van der Waals surface area (Å²) in [6.07, 6.45) is 1.90. The van der Waals surface area contributed by atoms with Crippen molar-refractivity contribution in [2.75, 3.05) is 22.9 Å². The third kappa shape index (κ3) is 2.21. The number of nitrogens with zero attached hydrogens (tertiary/aromatic N) is 2. The van der Waals surface area contributed by atoms with E-state index in [4.69, 9.17) is 5.73 Å². The SMILES string of the molecule is NC1CC(=O)N(c2cccc(N3CCCC3=O)c2)C1. The minimum Gasteiger partial charge on any atom is -0.326 e. The average Bonchev–Trinajstić information content (AvgIpc) is 2.95. The number of rotatable bonds is 2. The molecule has 2 amide bonds. The van der Waals surface area contributed by atoms with Crippen LogP contribution in [0.1, 0.15) is 19.3 Å². The van der Waals surface area contributed by atoms with Gasteiger partial charge in [0.05, 0.1) is 0 Å². The quantitative estimate of drug-likeness (QED) is 0.857. The Bertz CT molecular complexity index is 529. The van der Waals surface area contributed by atoms with Crippen LogP contribution in [0.3, 0.4) is 0 Å². The fourth-order valence-electron chi connectivity index (χ4n) is 2.73. The smallest absolute Gasteiger partial charge is 0.228 e. The minimum atomic E-state index is -0.0930. The molecule has 0 saturated carbocycles. The van der Waals surface area contributed by atoms with Gasteiger partial charge in [0, 0.05) is 43.3 Å². The summed E-state index contributed by atoms with van der Waals surface area (Å²) in [5.74, 6) is 0.207. The number of hydrogen-bond acceptors (Lipinski definition) is 3. The van der Waals surface area contributed by atoms with E-state index in [1.54, 1.807) is 9.80 Å². The third-order valence-electron chi connectivity index (χ3n) is 3.68. The van der Waals surface area contributed by atoms with Gasteiger partial charge in [0.1, 0.15) is 0 Å². The number of amides is 2. The van der Waals surface area contributed by atoms with E-state index in [1.807, 2.05) is 24.3 Å². The van der Waals surface area contributed by atoms with Crippen LogP contribution in [0.2, 0.25) is 0 Å². The summed E-state index contributed by atoms with van der Waals surface area (Å²) >= 11 is 0. The molecule has 2 aliphatic rings. The van der Waals surface area contributed by atoms with Gasteiger partial charge in [0.2, 0.25) is 11.8 Å². The Hall–Kier alpha value is -1.88. The van der Waals surface area contributed by atoms with Gasteiger partial charge in [0.25, 0.3) is 0 Å². The average molecular weight is 259 g/mol. The topological polar surface area (TPSA) is 66.6 Å². The van der Waals surface area contributed by atoms with Crippen molar-refractivity contribution in [3.63, 3.8) is 0 Å². The molecule has 0 aliphatic carbocycles. The van der Waals surface area contributed by atoms with Gasteiger partial charge >= 0.3 is 0 Å². The second-order valence-electron chi connectivity index (χ2n) is 5.14. The summed E-state index contributed by atoms with van der Waals surface area (Å²) < 4.78 is 0. The number of carbonyl (C=O) groups excluding carboxylic acids is 2. The first-order valence-electron chi connectivity index (χ1n) is 6.61. The lowest BCUT2D eigenvalue weighted by Crippen LogP contribution is -2.28. The van der Waals surface area contributed by atoms with E-state index in [-0.39, 0.29) is 17.9 Å². The maximum atomic E-state index is 11.8. The number of nitrogens with two attached hydrogens (primary N) is 1. The first kappa shape index (κ1) is 12.2. The second-order valence-corrected chi connectivity index (χ2v) is 5.14. The van der Waals surface area contributed by atoms with Crippen molar-refractivity contribution in [3.05, 3.63) is 24.3 Å². The monoisotopic (exact) mass is 259 g/mol. The molecule has 1 atom stereocenters. The van der Waals surface area contributed by atoms with Gasteiger partial charge < -0.3 is 15.5 Å². The van der Waals surface area contributed by atoms with Crippen LogP contribution in [0.5, 0.6) is 0 Å². The van der Waals surface area contributed by atoms with Gasteiger partial charge in [0.15, 0.2) is 0 Å². The normalized spacial score (nSPS) is 23.5. The van der Waals surface area contributed by atoms with Crippen LogP contribution < -0.4 is 15.5 Å². The fourth-order valence-corrected chi connectivity index (χ4v) is 2.73. The van der Waals surface area contributed by atoms with E-state index in [0.29, 0.717) is 19.4 Å². The molecule has 3 rings (SSSR count). The molecule has 19 heavy (non-hydrogen) atoms. The van der Waals surface area contributed by atoms with Crippen molar-refractivity contribution < 1.29 is 9.59 Å². The third-order valence-corrected chi connectivity index (χ3v) is 3.68. The molecule has 0 bridgehead atoms. The molecule has 1 aromatic carbocycles. The summed E-state index contributed by atoms with van der Waals surface area (Å²) in [5, 5.41) is 0. The van der Waals surface area contributed by atoms with Crippen molar-refractivity contribution in [1.29, 1.82) is 0 Å². The highest BCUT2D eigenvalue weighted by Crippen LogP contribution is 2.28. The molecule has 2 heterocycles. The lowest BCUT2D eigenvalue weighted by molar-refractivity contribution is -0.117. The molecule has 1 aromatic rings. The Kier molecular flexibility index (Phi) is 2.98. The van der Waals surface area contributed by atoms with Crippen LogP contribution in [0.4, 0.5) is 11.4 Å². The largest absolute Gasteiger partial charge is 0.326 e. The molecule has 5 nitrogen and oxygen atoms in total. The molecule has 2 N–H and O–H groups in total. The Balaban J connectivity index is 1.88. The molecule has 0 radical (unpaired) electrons. The molecule has 0 aromatic heterocycles. The van der Waals surface area contributed by atoms with Crippen LogP contribution in [-0.2, 0) is 9.59 Å². The molecule has 1 unspecified atom stereocenters. The maximum Gasteiger partial charge on any atom is 0.228 e. The standard InChI is InChI=1S/C14H17N3O2/c15-10-7-14(19)17(9-10)12-4-1-3-11(8-12)16-6-2-5-13(16)18/h1,3-4,8,10H,2,5-7,9,15H2. The number of hydrogen-bond donors (Lipinski definition) is 1. The van der Waals surface area contributed by atoms with Crippen LogP contribution in [0.15, 0.2) is 24.3 Å². The van der Waals surface area contributed by atoms with Gasteiger partial charge in [-0.05, 0) is 24.6 Å². The minimum absolute atomic E-state index is 0.0531. The first-order chi connectivity index (χ1) is 9.15. The first-order valence-corrected chi connectivity index (χ1v) is 6.61. The number of carbonyl (C=O) groups is 2. The predicted octanol–water partition coefficient (Wildman–Crippen LogP) is 0.877. The molecule has 0 spiro atoms. The molecule has 2 fully saturated rings. The van der Waals surface area contributed by atoms with Crippen LogP contribution in [0.25, 0.3) is 0 Å². The van der Waals surface area contributed by atoms with Crippen molar-refractivity contribution in [2.45, 2.75) is 25.3 Å². The Morgan fingerprint density at radius 2 is 1.84 bits per heavy atom. The van der Waals surface area contributed by atoms with Crippen molar-refractivity contribution in [3.8, 4) is 0 Å². The van der Waals surface area contributed by atoms with Crippen molar-refractivity contribution in [2.24, 2.45) is 5.73 Å². The van der Waals surface area contributed by atoms with Crippen LogP contribution >= 0.6 is 0 Å². The fraction of sp³-hybridized carbons (Fsp3) is 0.429. The number of anilines is 2. The maximum absolute atomic E-state index is 11.8. The zero-order valence-corrected chi connectivity index (χ0v) is 10.7. The molecular weight excluding hydrogens is 242 g/mol. The summed E-state index contributed by atoms with van der Waals surface area (Å²) in [6, 6.07) is 7.49. The highest BCUT2D eigenvalue weighted by Gasteiger charge is 2.29. The summed E-state index contributed by atoms with van der Waals surface area (Å²) in [6.45, 7) is 1.31. The van der Waals surface area contributed by atoms with E-state index in [1.165, 1.54) is 0 Å². The number of benzene rings is 1. The van der Waals surface area contributed by atoms with E-state index in [2.05, 4.69) is 0 Å². The Morgan fingerprint density at radius 3 is 2.42 bits per heavy atom. The lowest BCUT2D eigenvalue weighted by Gasteiger charge is -2.20. The van der Waals surface area contributed by atoms with Crippen molar-refractivity contribution >= 4 is 23.2 Å². The van der Waals surface area contributed by atoms with Gasteiger partial charge in [-0.2, -0.15) is 0 Å². The molecule has 100 valence electrons. The van der Waals surface area contributed by atoms with Gasteiger partial charge in [-0.25, -0.2) is 0 Å². The second kappa shape index (κ2) is 4.66. The van der Waals surface area contributed by atoms with E-state index in [0.717, 1.165) is 24.3 Å². The highest BCUT2D eigenvalue weighted by molar-refractivity contribution is 5.99. The zero-order chi connectivity index (χ0) is 13.4. The van der Waals surface area contributed by atoms with Crippen molar-refractivity contribution in [1.82, 2.24) is 0 Å². The van der Waals surface area contributed by atoms with E-state index in [9.17, 15) is 9.59 Å². The Labute approximate surface area is 112 Å². The Morgan fingerprint density at radius 1 is 1.11 bits per heavy atom. The summed E-state index contributed by atoms with van der Waals surface area (Å²) in [4.78, 5) is 27.1. The van der Waals surface area contributed by atoms with Crippen LogP contribution in [0, 0.1) is 0 Å². The van der Waals surface area contributed by atoms with E-state index >= 15 is 0 Å². The zero-order valence-electron chi connectivity index (χ0n) is 10.7. The van der Waals surface area contributed by atoms with E-state index < -0.39 is 0 Å². The van der Waals surface area contributed by atoms with Crippen LogP contribution in [-0.4, -0.2) is 30.9 Å². The molecular formula is C14H17N3O2. The molecule has 5 heteroatoms. The molecule has 2 aliphatic heterocycles. The molecule has 2 saturated heterocycles. The highest BCUT2D eigenvalue weighted by atomic mass is 16.2. The summed E-state index contributed by atoms with van der Waals surface area (Å²) in [7, 11) is 0. The van der Waals surface area contributed by atoms with Gasteiger partial charge in [-0.1, -0.05) is 6.07 Å². The van der Waals surface area contributed by atoms with Gasteiger partial charge in [-0.3, -0.25) is 9.59 Å². The summed E-state index contributed by atoms with van der Waals surface area (Å²) in [5.41, 5.74) is 7.51. The van der Waals surface area contributed by atoms with Gasteiger partial charge in [-0.15, -0.1) is 0 Å². The predicted molar refractivity (Wildman–Crippen MR) is 73.0 cm³/mol.